The Kier molecular flexibility index (Phi) is 7.38. The molecular formula is C30H33ClN6O. The Hall–Kier alpha value is -3.47. The number of nitriles is 1. The number of nitrogens with one attached hydrogen (secondary N) is 1. The zero-order chi connectivity index (χ0) is 25.5. The van der Waals surface area contributed by atoms with Gasteiger partial charge in [-0.25, -0.2) is 15.0 Å². The standard InChI is InChI=1S/C30H32N6O.ClH/c1-18(2)30-34-25-10-5-21(15-27(25)36(30)23-6-8-24(37)9-7-23)26-14-22(20-3-4-20)16-29(33-26)35-28-13-19(17-31)11-12-32-28;/h5,10-16,18,20,23-24,37H,3-4,6-9H2,1-2H3,(H,32,33,35);1H. The van der Waals surface area contributed by atoms with Gasteiger partial charge in [-0.15, -0.1) is 12.4 Å². The first-order valence-corrected chi connectivity index (χ1v) is 13.3. The van der Waals surface area contributed by atoms with Crippen LogP contribution in [0.2, 0.25) is 0 Å². The lowest BCUT2D eigenvalue weighted by molar-refractivity contribution is 0.111. The largest absolute Gasteiger partial charge is 0.393 e. The minimum atomic E-state index is -0.187. The van der Waals surface area contributed by atoms with Crippen LogP contribution in [0.5, 0.6) is 0 Å². The lowest BCUT2D eigenvalue weighted by Crippen LogP contribution is -2.22. The van der Waals surface area contributed by atoms with Gasteiger partial charge in [-0.1, -0.05) is 19.9 Å². The molecule has 4 aromatic rings. The maximum Gasteiger partial charge on any atom is 0.132 e. The summed E-state index contributed by atoms with van der Waals surface area (Å²) in [5.41, 5.74) is 5.96. The van der Waals surface area contributed by atoms with E-state index in [1.807, 2.05) is 0 Å². The first-order valence-electron chi connectivity index (χ1n) is 13.3. The van der Waals surface area contributed by atoms with Crippen molar-refractivity contribution in [3.8, 4) is 17.3 Å². The second-order valence-corrected chi connectivity index (χ2v) is 10.8. The molecule has 2 aliphatic carbocycles. The van der Waals surface area contributed by atoms with Gasteiger partial charge in [-0.05, 0) is 86.4 Å². The molecule has 38 heavy (non-hydrogen) atoms. The molecule has 6 rings (SSSR count). The summed E-state index contributed by atoms with van der Waals surface area (Å²) >= 11 is 0. The normalized spacial score (nSPS) is 19.2. The number of hydrogen-bond acceptors (Lipinski definition) is 6. The molecule has 0 aliphatic heterocycles. The van der Waals surface area contributed by atoms with Gasteiger partial charge in [0, 0.05) is 23.7 Å². The number of anilines is 2. The number of halogens is 1. The summed E-state index contributed by atoms with van der Waals surface area (Å²) in [5.74, 6) is 3.33. The van der Waals surface area contributed by atoms with E-state index < -0.39 is 0 Å². The summed E-state index contributed by atoms with van der Waals surface area (Å²) in [6, 6.07) is 16.7. The summed E-state index contributed by atoms with van der Waals surface area (Å²) in [7, 11) is 0. The van der Waals surface area contributed by atoms with Gasteiger partial charge in [0.2, 0.25) is 0 Å². The van der Waals surface area contributed by atoms with Crippen LogP contribution in [0.15, 0.2) is 48.7 Å². The maximum absolute atomic E-state index is 10.1. The Labute approximate surface area is 229 Å². The van der Waals surface area contributed by atoms with Crippen LogP contribution in [0.4, 0.5) is 11.6 Å². The highest BCUT2D eigenvalue weighted by Gasteiger charge is 2.27. The molecule has 2 N–H and O–H groups in total. The van der Waals surface area contributed by atoms with Crippen LogP contribution < -0.4 is 5.32 Å². The Bertz CT molecular complexity index is 1490. The van der Waals surface area contributed by atoms with Crippen LogP contribution in [-0.2, 0) is 0 Å². The number of fused-ring (bicyclic) bond motifs is 1. The van der Waals surface area contributed by atoms with Crippen molar-refractivity contribution in [2.24, 2.45) is 0 Å². The highest BCUT2D eigenvalue weighted by atomic mass is 35.5. The van der Waals surface area contributed by atoms with E-state index in [0.717, 1.165) is 59.6 Å². The fourth-order valence-corrected chi connectivity index (χ4v) is 5.49. The van der Waals surface area contributed by atoms with Crippen LogP contribution in [0.3, 0.4) is 0 Å². The van der Waals surface area contributed by atoms with Crippen molar-refractivity contribution in [1.29, 1.82) is 5.26 Å². The summed E-state index contributed by atoms with van der Waals surface area (Å²) in [6.07, 6.45) is 7.45. The summed E-state index contributed by atoms with van der Waals surface area (Å²) in [5, 5.41) is 22.7. The smallest absolute Gasteiger partial charge is 0.132 e. The van der Waals surface area contributed by atoms with E-state index in [-0.39, 0.29) is 18.5 Å². The molecule has 2 saturated carbocycles. The van der Waals surface area contributed by atoms with Crippen LogP contribution in [0, 0.1) is 11.3 Å². The van der Waals surface area contributed by atoms with Gasteiger partial charge in [-0.2, -0.15) is 5.26 Å². The third kappa shape index (κ3) is 5.24. The van der Waals surface area contributed by atoms with Crippen molar-refractivity contribution in [3.05, 3.63) is 65.6 Å². The number of aromatic nitrogens is 4. The molecule has 196 valence electrons. The number of aliphatic hydroxyl groups excluding tert-OH is 1. The minimum Gasteiger partial charge on any atom is -0.393 e. The predicted octanol–water partition coefficient (Wildman–Crippen LogP) is 7.01. The van der Waals surface area contributed by atoms with Crippen LogP contribution in [0.25, 0.3) is 22.3 Å². The van der Waals surface area contributed by atoms with E-state index in [0.29, 0.717) is 29.3 Å². The molecule has 3 heterocycles. The number of imidazole rings is 1. The molecule has 0 unspecified atom stereocenters. The SMILES string of the molecule is CC(C)c1nc2ccc(-c3cc(C4CC4)cc(Nc4cc(C#N)ccn4)n3)cc2n1C1CCC(O)CC1.Cl. The van der Waals surface area contributed by atoms with E-state index in [1.165, 1.54) is 18.4 Å². The van der Waals surface area contributed by atoms with E-state index in [9.17, 15) is 10.4 Å². The van der Waals surface area contributed by atoms with Gasteiger partial charge in [0.15, 0.2) is 0 Å². The average Bonchev–Trinajstić information content (AvgIpc) is 3.69. The van der Waals surface area contributed by atoms with Crippen molar-refractivity contribution < 1.29 is 5.11 Å². The molecular weight excluding hydrogens is 496 g/mol. The molecule has 3 aromatic heterocycles. The van der Waals surface area contributed by atoms with Gasteiger partial charge in [-0.3, -0.25) is 0 Å². The lowest BCUT2D eigenvalue weighted by atomic mass is 9.92. The highest BCUT2D eigenvalue weighted by molar-refractivity contribution is 5.85. The van der Waals surface area contributed by atoms with Crippen molar-refractivity contribution in [2.75, 3.05) is 5.32 Å². The summed E-state index contributed by atoms with van der Waals surface area (Å²) < 4.78 is 2.43. The average molecular weight is 529 g/mol. The van der Waals surface area contributed by atoms with E-state index in [1.54, 1.807) is 18.3 Å². The van der Waals surface area contributed by atoms with Gasteiger partial charge < -0.3 is 15.0 Å². The van der Waals surface area contributed by atoms with E-state index in [2.05, 4.69) is 65.1 Å². The number of aliphatic hydroxyl groups is 1. The molecule has 0 saturated heterocycles. The third-order valence-corrected chi connectivity index (χ3v) is 7.60. The lowest BCUT2D eigenvalue weighted by Gasteiger charge is -2.29. The van der Waals surface area contributed by atoms with E-state index in [4.69, 9.17) is 9.97 Å². The molecule has 1 aromatic carbocycles. The topological polar surface area (TPSA) is 99.7 Å². The molecule has 7 nitrogen and oxygen atoms in total. The fraction of sp³-hybridized carbons (Fsp3) is 0.400. The molecule has 0 atom stereocenters. The Morgan fingerprint density at radius 1 is 0.974 bits per heavy atom. The van der Waals surface area contributed by atoms with E-state index >= 15 is 0 Å². The van der Waals surface area contributed by atoms with Gasteiger partial charge in [0.25, 0.3) is 0 Å². The first kappa shape index (κ1) is 26.1. The monoisotopic (exact) mass is 528 g/mol. The Morgan fingerprint density at radius 3 is 2.47 bits per heavy atom. The fourth-order valence-electron chi connectivity index (χ4n) is 5.49. The van der Waals surface area contributed by atoms with Crippen molar-refractivity contribution in [2.45, 2.75) is 76.4 Å². The number of benzene rings is 1. The molecule has 0 radical (unpaired) electrons. The van der Waals surface area contributed by atoms with Crippen LogP contribution in [-0.4, -0.2) is 30.7 Å². The molecule has 2 fully saturated rings. The van der Waals surface area contributed by atoms with Crippen molar-refractivity contribution >= 4 is 35.1 Å². The van der Waals surface area contributed by atoms with Crippen molar-refractivity contribution in [3.63, 3.8) is 0 Å². The predicted molar refractivity (Wildman–Crippen MR) is 152 cm³/mol. The molecule has 0 bridgehead atoms. The quantitative estimate of drug-likeness (QED) is 0.279. The molecule has 0 amide bonds. The summed E-state index contributed by atoms with van der Waals surface area (Å²) in [6.45, 7) is 4.40. The third-order valence-electron chi connectivity index (χ3n) is 7.60. The second-order valence-electron chi connectivity index (χ2n) is 10.8. The van der Waals surface area contributed by atoms with Gasteiger partial charge in [0.1, 0.15) is 17.5 Å². The molecule has 0 spiro atoms. The van der Waals surface area contributed by atoms with Crippen LogP contribution >= 0.6 is 12.4 Å². The second kappa shape index (κ2) is 10.7. The minimum absolute atomic E-state index is 0. The van der Waals surface area contributed by atoms with Crippen molar-refractivity contribution in [1.82, 2.24) is 19.5 Å². The number of rotatable bonds is 6. The maximum atomic E-state index is 10.1. The molecule has 2 aliphatic rings. The number of nitrogens with zero attached hydrogens (tertiary/aromatic N) is 5. The highest BCUT2D eigenvalue weighted by Crippen LogP contribution is 2.42. The van der Waals surface area contributed by atoms with Gasteiger partial charge >= 0.3 is 0 Å². The number of pyridine rings is 2. The summed E-state index contributed by atoms with van der Waals surface area (Å²) in [4.78, 5) is 14.4. The molecule has 8 heteroatoms. The van der Waals surface area contributed by atoms with Gasteiger partial charge in [0.05, 0.1) is 34.5 Å². The zero-order valence-corrected chi connectivity index (χ0v) is 22.6. The first-order chi connectivity index (χ1) is 18.0. The van der Waals surface area contributed by atoms with Crippen LogP contribution in [0.1, 0.15) is 87.2 Å². The Morgan fingerprint density at radius 2 is 1.76 bits per heavy atom. The zero-order valence-electron chi connectivity index (χ0n) is 21.8. The Balaban J connectivity index is 0.00000294. The number of hydrogen-bond donors (Lipinski definition) is 2.